The molecule has 1 aliphatic rings. The predicted molar refractivity (Wildman–Crippen MR) is 87.0 cm³/mol. The van der Waals surface area contributed by atoms with Gasteiger partial charge in [0.25, 0.3) is 5.91 Å². The Labute approximate surface area is 133 Å². The van der Waals surface area contributed by atoms with Gasteiger partial charge in [0, 0.05) is 18.2 Å². The van der Waals surface area contributed by atoms with Gasteiger partial charge in [0.05, 0.1) is 11.6 Å². The van der Waals surface area contributed by atoms with Gasteiger partial charge in [-0.25, -0.2) is 0 Å². The smallest absolute Gasteiger partial charge is 0.271 e. The number of aliphatic hydroxyl groups excluding tert-OH is 1. The van der Waals surface area contributed by atoms with E-state index in [2.05, 4.69) is 31.2 Å². The molecule has 2 unspecified atom stereocenters. The second kappa shape index (κ2) is 6.41. The zero-order valence-corrected chi connectivity index (χ0v) is 14.4. The normalized spacial score (nSPS) is 18.1. The van der Waals surface area contributed by atoms with Gasteiger partial charge in [-0.05, 0) is 58.9 Å². The van der Waals surface area contributed by atoms with Crippen LogP contribution in [0.15, 0.2) is 6.07 Å². The molecule has 0 radical (unpaired) electrons. The van der Waals surface area contributed by atoms with Gasteiger partial charge in [0.1, 0.15) is 5.69 Å². The summed E-state index contributed by atoms with van der Waals surface area (Å²) in [5, 5.41) is 16.8. The van der Waals surface area contributed by atoms with Gasteiger partial charge in [-0.2, -0.15) is 5.10 Å². The summed E-state index contributed by atoms with van der Waals surface area (Å²) in [6.07, 6.45) is 2.72. The third-order valence-corrected chi connectivity index (χ3v) is 3.96. The van der Waals surface area contributed by atoms with Crippen LogP contribution in [0.3, 0.4) is 0 Å². The van der Waals surface area contributed by atoms with Gasteiger partial charge >= 0.3 is 0 Å². The number of carbonyl (C=O) groups excluding carboxylic acids is 1. The van der Waals surface area contributed by atoms with Crippen molar-refractivity contribution >= 4 is 5.91 Å². The van der Waals surface area contributed by atoms with Crippen molar-refractivity contribution in [3.05, 3.63) is 17.5 Å². The standard InChI is InChI=1S/C17H29N3O2/c1-11(8-12(2)21)10-18-16(22)14-9-15(13-6-7-13)20(19-14)17(3,4)5/h9,11-13,21H,6-8,10H2,1-5H3,(H,18,22). The van der Waals surface area contributed by atoms with Crippen LogP contribution in [0, 0.1) is 5.92 Å². The van der Waals surface area contributed by atoms with Gasteiger partial charge < -0.3 is 10.4 Å². The van der Waals surface area contributed by atoms with E-state index in [1.807, 2.05) is 17.7 Å². The maximum absolute atomic E-state index is 12.3. The van der Waals surface area contributed by atoms with E-state index in [1.54, 1.807) is 6.92 Å². The zero-order valence-electron chi connectivity index (χ0n) is 14.4. The number of hydrogen-bond donors (Lipinski definition) is 2. The monoisotopic (exact) mass is 307 g/mol. The van der Waals surface area contributed by atoms with Crippen LogP contribution in [-0.4, -0.2) is 33.4 Å². The lowest BCUT2D eigenvalue weighted by Gasteiger charge is -2.22. The fraction of sp³-hybridized carbons (Fsp3) is 0.765. The van der Waals surface area contributed by atoms with E-state index in [9.17, 15) is 9.90 Å². The van der Waals surface area contributed by atoms with Crippen molar-refractivity contribution in [1.82, 2.24) is 15.1 Å². The number of hydrogen-bond acceptors (Lipinski definition) is 3. The molecule has 2 N–H and O–H groups in total. The number of carbonyl (C=O) groups is 1. The maximum Gasteiger partial charge on any atom is 0.271 e. The molecule has 1 amide bonds. The molecular formula is C17H29N3O2. The third-order valence-electron chi connectivity index (χ3n) is 3.96. The Hall–Kier alpha value is -1.36. The number of rotatable bonds is 6. The van der Waals surface area contributed by atoms with E-state index in [-0.39, 0.29) is 23.5 Å². The fourth-order valence-corrected chi connectivity index (χ4v) is 2.74. The summed E-state index contributed by atoms with van der Waals surface area (Å²) in [6, 6.07) is 1.94. The first kappa shape index (κ1) is 17.0. The molecule has 0 aliphatic heterocycles. The quantitative estimate of drug-likeness (QED) is 0.849. The minimum atomic E-state index is -0.339. The van der Waals surface area contributed by atoms with E-state index in [4.69, 9.17) is 0 Å². The average molecular weight is 307 g/mol. The first-order valence-corrected chi connectivity index (χ1v) is 8.25. The number of aromatic nitrogens is 2. The first-order chi connectivity index (χ1) is 10.2. The highest BCUT2D eigenvalue weighted by atomic mass is 16.3. The van der Waals surface area contributed by atoms with E-state index in [0.29, 0.717) is 24.6 Å². The molecule has 2 rings (SSSR count). The molecule has 1 saturated carbocycles. The Balaban J connectivity index is 2.04. The van der Waals surface area contributed by atoms with Gasteiger partial charge in [-0.1, -0.05) is 6.92 Å². The molecular weight excluding hydrogens is 278 g/mol. The summed E-state index contributed by atoms with van der Waals surface area (Å²) in [6.45, 7) is 10.7. The number of nitrogens with zero attached hydrogens (tertiary/aromatic N) is 2. The molecule has 5 nitrogen and oxygen atoms in total. The van der Waals surface area contributed by atoms with Crippen LogP contribution in [0.25, 0.3) is 0 Å². The molecule has 0 bridgehead atoms. The maximum atomic E-state index is 12.3. The van der Waals surface area contributed by atoms with Crippen LogP contribution in [-0.2, 0) is 5.54 Å². The van der Waals surface area contributed by atoms with Crippen LogP contribution in [0.4, 0.5) is 0 Å². The summed E-state index contributed by atoms with van der Waals surface area (Å²) in [7, 11) is 0. The lowest BCUT2D eigenvalue weighted by atomic mass is 10.0. The van der Waals surface area contributed by atoms with E-state index < -0.39 is 0 Å². The van der Waals surface area contributed by atoms with Crippen molar-refractivity contribution < 1.29 is 9.90 Å². The van der Waals surface area contributed by atoms with Gasteiger partial charge in [-0.3, -0.25) is 9.48 Å². The first-order valence-electron chi connectivity index (χ1n) is 8.25. The summed E-state index contributed by atoms with van der Waals surface area (Å²) in [4.78, 5) is 12.3. The topological polar surface area (TPSA) is 67.2 Å². The van der Waals surface area contributed by atoms with Gasteiger partial charge in [0.2, 0.25) is 0 Å². The van der Waals surface area contributed by atoms with E-state index in [0.717, 1.165) is 0 Å². The lowest BCUT2D eigenvalue weighted by molar-refractivity contribution is 0.0933. The average Bonchev–Trinajstić information content (AvgIpc) is 3.12. The van der Waals surface area contributed by atoms with E-state index in [1.165, 1.54) is 18.5 Å². The molecule has 2 atom stereocenters. The van der Waals surface area contributed by atoms with Crippen molar-refractivity contribution in [2.45, 2.75) is 71.4 Å². The summed E-state index contributed by atoms with van der Waals surface area (Å²) < 4.78 is 2.00. The second-order valence-electron chi connectivity index (χ2n) is 7.71. The SMILES string of the molecule is CC(O)CC(C)CNC(=O)c1cc(C2CC2)n(C(C)(C)C)n1. The largest absolute Gasteiger partial charge is 0.393 e. The lowest BCUT2D eigenvalue weighted by Crippen LogP contribution is -2.30. The molecule has 1 aromatic heterocycles. The highest BCUT2D eigenvalue weighted by Crippen LogP contribution is 2.41. The van der Waals surface area contributed by atoms with Crippen LogP contribution >= 0.6 is 0 Å². The van der Waals surface area contributed by atoms with Crippen molar-refractivity contribution in [2.24, 2.45) is 5.92 Å². The van der Waals surface area contributed by atoms with Crippen LogP contribution in [0.5, 0.6) is 0 Å². The van der Waals surface area contributed by atoms with Crippen molar-refractivity contribution in [3.8, 4) is 0 Å². The molecule has 22 heavy (non-hydrogen) atoms. The molecule has 0 spiro atoms. The number of nitrogens with one attached hydrogen (secondary N) is 1. The molecule has 1 fully saturated rings. The molecule has 1 heterocycles. The molecule has 124 valence electrons. The highest BCUT2D eigenvalue weighted by Gasteiger charge is 2.32. The van der Waals surface area contributed by atoms with Gasteiger partial charge in [0.15, 0.2) is 0 Å². The number of aliphatic hydroxyl groups is 1. The Bertz CT molecular complexity index is 524. The van der Waals surface area contributed by atoms with Crippen LogP contribution in [0.2, 0.25) is 0 Å². The summed E-state index contributed by atoms with van der Waals surface area (Å²) in [5.74, 6) is 0.682. The van der Waals surface area contributed by atoms with Crippen LogP contribution < -0.4 is 5.32 Å². The molecule has 0 saturated heterocycles. The van der Waals surface area contributed by atoms with E-state index >= 15 is 0 Å². The Morgan fingerprint density at radius 1 is 1.45 bits per heavy atom. The van der Waals surface area contributed by atoms with Crippen molar-refractivity contribution in [2.75, 3.05) is 6.54 Å². The summed E-state index contributed by atoms with van der Waals surface area (Å²) in [5.41, 5.74) is 1.56. The molecule has 0 aromatic carbocycles. The van der Waals surface area contributed by atoms with Crippen molar-refractivity contribution in [3.63, 3.8) is 0 Å². The minimum Gasteiger partial charge on any atom is -0.393 e. The Morgan fingerprint density at radius 2 is 2.09 bits per heavy atom. The predicted octanol–water partition coefficient (Wildman–Crippen LogP) is 2.65. The second-order valence-corrected chi connectivity index (χ2v) is 7.71. The highest BCUT2D eigenvalue weighted by molar-refractivity contribution is 5.92. The van der Waals surface area contributed by atoms with Crippen LogP contribution in [0.1, 0.15) is 76.0 Å². The molecule has 1 aromatic rings. The Kier molecular flexibility index (Phi) is 4.95. The molecule has 5 heteroatoms. The Morgan fingerprint density at radius 3 is 2.59 bits per heavy atom. The summed E-state index contributed by atoms with van der Waals surface area (Å²) >= 11 is 0. The molecule has 1 aliphatic carbocycles. The van der Waals surface area contributed by atoms with Crippen molar-refractivity contribution in [1.29, 1.82) is 0 Å². The number of amides is 1. The minimum absolute atomic E-state index is 0.115. The van der Waals surface area contributed by atoms with Gasteiger partial charge in [-0.15, -0.1) is 0 Å². The fourth-order valence-electron chi connectivity index (χ4n) is 2.74. The third kappa shape index (κ3) is 4.32. The zero-order chi connectivity index (χ0) is 16.5.